The molecule has 7 nitrogen and oxygen atoms in total. The lowest BCUT2D eigenvalue weighted by atomic mass is 10.1. The standard InChI is InChI=1S/C12H12N4O3/c13-6-8-5-10(16(18)19)3-4-11(8)15-12(17)7-14-9-1-2-9/h3-5,9,14H,1-2,7H2,(H,15,17). The van der Waals surface area contributed by atoms with Crippen LogP contribution in [0.2, 0.25) is 0 Å². The highest BCUT2D eigenvalue weighted by atomic mass is 16.6. The van der Waals surface area contributed by atoms with Gasteiger partial charge in [0, 0.05) is 18.2 Å². The minimum absolute atomic E-state index is 0.0778. The molecule has 7 heteroatoms. The average molecular weight is 260 g/mol. The van der Waals surface area contributed by atoms with Crippen LogP contribution in [0, 0.1) is 21.4 Å². The molecule has 2 rings (SSSR count). The van der Waals surface area contributed by atoms with E-state index in [1.807, 2.05) is 6.07 Å². The first-order chi connectivity index (χ1) is 9.10. The highest BCUT2D eigenvalue weighted by molar-refractivity contribution is 5.93. The van der Waals surface area contributed by atoms with Crippen molar-refractivity contribution in [1.82, 2.24) is 5.32 Å². The summed E-state index contributed by atoms with van der Waals surface area (Å²) in [6.07, 6.45) is 2.16. The number of hydrogen-bond acceptors (Lipinski definition) is 5. The van der Waals surface area contributed by atoms with Crippen molar-refractivity contribution in [2.75, 3.05) is 11.9 Å². The van der Waals surface area contributed by atoms with Crippen LogP contribution < -0.4 is 10.6 Å². The topological polar surface area (TPSA) is 108 Å². The smallest absolute Gasteiger partial charge is 0.270 e. The zero-order chi connectivity index (χ0) is 13.8. The first kappa shape index (κ1) is 13.0. The van der Waals surface area contributed by atoms with Gasteiger partial charge >= 0.3 is 0 Å². The zero-order valence-corrected chi connectivity index (χ0v) is 10.0. The molecule has 1 saturated carbocycles. The number of nitro groups is 1. The summed E-state index contributed by atoms with van der Waals surface area (Å²) in [6, 6.07) is 6.01. The fraction of sp³-hybridized carbons (Fsp3) is 0.333. The highest BCUT2D eigenvalue weighted by Gasteiger charge is 2.21. The van der Waals surface area contributed by atoms with Crippen molar-refractivity contribution in [2.45, 2.75) is 18.9 Å². The third kappa shape index (κ3) is 3.50. The average Bonchev–Trinajstić information content (AvgIpc) is 3.20. The minimum Gasteiger partial charge on any atom is -0.324 e. The fourth-order valence-electron chi connectivity index (χ4n) is 1.57. The number of nitriles is 1. The number of hydrogen-bond donors (Lipinski definition) is 2. The molecular formula is C12H12N4O3. The molecule has 1 aliphatic rings. The molecule has 0 bridgehead atoms. The van der Waals surface area contributed by atoms with Gasteiger partial charge in [-0.15, -0.1) is 0 Å². The maximum Gasteiger partial charge on any atom is 0.270 e. The lowest BCUT2D eigenvalue weighted by Crippen LogP contribution is -2.29. The van der Waals surface area contributed by atoms with Crippen LogP contribution in [-0.4, -0.2) is 23.4 Å². The zero-order valence-electron chi connectivity index (χ0n) is 10.0. The maximum absolute atomic E-state index is 11.6. The van der Waals surface area contributed by atoms with Gasteiger partial charge in [-0.1, -0.05) is 0 Å². The van der Waals surface area contributed by atoms with Gasteiger partial charge in [-0.2, -0.15) is 5.26 Å². The molecule has 1 aliphatic carbocycles. The van der Waals surface area contributed by atoms with Crippen LogP contribution in [0.1, 0.15) is 18.4 Å². The SMILES string of the molecule is N#Cc1cc([N+](=O)[O-])ccc1NC(=O)CNC1CC1. The van der Waals surface area contributed by atoms with Crippen molar-refractivity contribution in [3.63, 3.8) is 0 Å². The third-order valence-electron chi connectivity index (χ3n) is 2.74. The number of nitro benzene ring substituents is 1. The molecule has 0 atom stereocenters. The lowest BCUT2D eigenvalue weighted by Gasteiger charge is -2.07. The normalized spacial score (nSPS) is 13.6. The van der Waals surface area contributed by atoms with E-state index >= 15 is 0 Å². The summed E-state index contributed by atoms with van der Waals surface area (Å²) in [4.78, 5) is 21.6. The Morgan fingerprint density at radius 2 is 2.26 bits per heavy atom. The van der Waals surface area contributed by atoms with Crippen molar-refractivity contribution in [3.8, 4) is 6.07 Å². The van der Waals surface area contributed by atoms with Gasteiger partial charge in [0.15, 0.2) is 0 Å². The van der Waals surface area contributed by atoms with Gasteiger partial charge in [0.2, 0.25) is 5.91 Å². The maximum atomic E-state index is 11.6. The van der Waals surface area contributed by atoms with E-state index in [4.69, 9.17) is 5.26 Å². The van der Waals surface area contributed by atoms with Gasteiger partial charge < -0.3 is 10.6 Å². The van der Waals surface area contributed by atoms with Crippen molar-refractivity contribution in [1.29, 1.82) is 5.26 Å². The second-order valence-electron chi connectivity index (χ2n) is 4.30. The minimum atomic E-state index is -0.582. The van der Waals surface area contributed by atoms with Crippen LogP contribution in [0.4, 0.5) is 11.4 Å². The van der Waals surface area contributed by atoms with Crippen molar-refractivity contribution < 1.29 is 9.72 Å². The van der Waals surface area contributed by atoms with Crippen LogP contribution in [0.15, 0.2) is 18.2 Å². The van der Waals surface area contributed by atoms with Crippen molar-refractivity contribution in [2.24, 2.45) is 0 Å². The van der Waals surface area contributed by atoms with Crippen LogP contribution in [0.5, 0.6) is 0 Å². The first-order valence-corrected chi connectivity index (χ1v) is 5.82. The van der Waals surface area contributed by atoms with Crippen molar-refractivity contribution in [3.05, 3.63) is 33.9 Å². The quantitative estimate of drug-likeness (QED) is 0.610. The number of benzene rings is 1. The second-order valence-corrected chi connectivity index (χ2v) is 4.30. The largest absolute Gasteiger partial charge is 0.324 e. The predicted molar refractivity (Wildman–Crippen MR) is 67.5 cm³/mol. The van der Waals surface area contributed by atoms with E-state index in [1.165, 1.54) is 12.1 Å². The molecule has 0 saturated heterocycles. The van der Waals surface area contributed by atoms with Crippen LogP contribution in [0.3, 0.4) is 0 Å². The van der Waals surface area contributed by atoms with Gasteiger partial charge in [-0.25, -0.2) is 0 Å². The number of anilines is 1. The van der Waals surface area contributed by atoms with Crippen LogP contribution >= 0.6 is 0 Å². The number of amides is 1. The van der Waals surface area contributed by atoms with Gasteiger partial charge in [-0.3, -0.25) is 14.9 Å². The summed E-state index contributed by atoms with van der Waals surface area (Å²) in [5.41, 5.74) is 0.190. The molecule has 1 aromatic carbocycles. The Balaban J connectivity index is 2.04. The molecule has 2 N–H and O–H groups in total. The number of rotatable bonds is 5. The summed E-state index contributed by atoms with van der Waals surface area (Å²) < 4.78 is 0. The Hall–Kier alpha value is -2.46. The molecule has 1 fully saturated rings. The Kier molecular flexibility index (Phi) is 3.73. The number of carbonyl (C=O) groups excluding carboxylic acids is 1. The van der Waals surface area contributed by atoms with Crippen LogP contribution in [-0.2, 0) is 4.79 Å². The Morgan fingerprint density at radius 3 is 2.84 bits per heavy atom. The number of nitrogens with zero attached hydrogens (tertiary/aromatic N) is 2. The summed E-state index contributed by atoms with van der Waals surface area (Å²) in [6.45, 7) is 0.173. The molecule has 0 aromatic heterocycles. The van der Waals surface area contributed by atoms with E-state index < -0.39 is 4.92 Å². The number of carbonyl (C=O) groups is 1. The molecule has 1 aromatic rings. The van der Waals surface area contributed by atoms with Crippen molar-refractivity contribution >= 4 is 17.3 Å². The summed E-state index contributed by atoms with van der Waals surface area (Å²) in [7, 11) is 0. The summed E-state index contributed by atoms with van der Waals surface area (Å²) in [5, 5.41) is 25.1. The molecule has 0 unspecified atom stereocenters. The van der Waals surface area contributed by atoms with Gasteiger partial charge in [0.25, 0.3) is 5.69 Å². The molecule has 0 heterocycles. The molecule has 0 spiro atoms. The number of nitrogens with one attached hydrogen (secondary N) is 2. The Bertz CT molecular complexity index is 561. The molecule has 19 heavy (non-hydrogen) atoms. The lowest BCUT2D eigenvalue weighted by molar-refractivity contribution is -0.384. The van der Waals surface area contributed by atoms with E-state index in [1.54, 1.807) is 0 Å². The van der Waals surface area contributed by atoms with E-state index in [9.17, 15) is 14.9 Å². The molecule has 0 radical (unpaired) electrons. The van der Waals surface area contributed by atoms with Gasteiger partial charge in [0.05, 0.1) is 22.7 Å². The van der Waals surface area contributed by atoms with E-state index in [0.717, 1.165) is 18.9 Å². The molecular weight excluding hydrogens is 248 g/mol. The summed E-state index contributed by atoms with van der Waals surface area (Å²) in [5.74, 6) is -0.266. The van der Waals surface area contributed by atoms with Gasteiger partial charge in [-0.05, 0) is 18.9 Å². The summed E-state index contributed by atoms with van der Waals surface area (Å²) >= 11 is 0. The first-order valence-electron chi connectivity index (χ1n) is 5.82. The predicted octanol–water partition coefficient (Wildman–Crippen LogP) is 1.16. The number of non-ortho nitro benzene ring substituents is 1. The molecule has 1 amide bonds. The fourth-order valence-corrected chi connectivity index (χ4v) is 1.57. The van der Waals surface area contributed by atoms with E-state index in [-0.39, 0.29) is 29.4 Å². The van der Waals surface area contributed by atoms with Crippen LogP contribution in [0.25, 0.3) is 0 Å². The van der Waals surface area contributed by atoms with E-state index in [0.29, 0.717) is 6.04 Å². The Labute approximate surface area is 109 Å². The Morgan fingerprint density at radius 1 is 1.53 bits per heavy atom. The van der Waals surface area contributed by atoms with E-state index in [2.05, 4.69) is 10.6 Å². The molecule has 0 aliphatic heterocycles. The highest BCUT2D eigenvalue weighted by Crippen LogP contribution is 2.21. The third-order valence-corrected chi connectivity index (χ3v) is 2.74. The second kappa shape index (κ2) is 5.46. The monoisotopic (exact) mass is 260 g/mol. The molecule has 98 valence electrons. The van der Waals surface area contributed by atoms with Gasteiger partial charge in [0.1, 0.15) is 6.07 Å².